The summed E-state index contributed by atoms with van der Waals surface area (Å²) in [6.07, 6.45) is 8.82. The fourth-order valence-corrected chi connectivity index (χ4v) is 1.68. The molecule has 0 heterocycles. The average Bonchev–Trinajstić information content (AvgIpc) is 2.24. The molecule has 104 valence electrons. The molecule has 0 saturated carbocycles. The van der Waals surface area contributed by atoms with Crippen molar-refractivity contribution in [1.29, 1.82) is 0 Å². The van der Waals surface area contributed by atoms with E-state index in [0.29, 0.717) is 5.92 Å². The number of hydrogen-bond acceptors (Lipinski definition) is 2. The third-order valence-electron chi connectivity index (χ3n) is 2.67. The summed E-state index contributed by atoms with van der Waals surface area (Å²) in [5.41, 5.74) is 0.909. The first kappa shape index (κ1) is 17.2. The molecule has 1 atom stereocenters. The minimum atomic E-state index is -0.311. The van der Waals surface area contributed by atoms with Gasteiger partial charge in [-0.05, 0) is 45.1 Å². The van der Waals surface area contributed by atoms with Crippen molar-refractivity contribution < 1.29 is 9.53 Å². The van der Waals surface area contributed by atoms with Gasteiger partial charge in [-0.2, -0.15) is 0 Å². The van der Waals surface area contributed by atoms with Crippen molar-refractivity contribution >= 4 is 17.6 Å². The number of carbonyl (C=O) groups is 1. The molecule has 1 unspecified atom stereocenters. The molecule has 0 bridgehead atoms. The van der Waals surface area contributed by atoms with Gasteiger partial charge < -0.3 is 4.74 Å². The maximum Gasteiger partial charge on any atom is 0.330 e. The lowest BCUT2D eigenvalue weighted by Crippen LogP contribution is -2.09. The summed E-state index contributed by atoms with van der Waals surface area (Å²) in [5.74, 6) is 0.179. The third kappa shape index (κ3) is 10.4. The average molecular weight is 273 g/mol. The summed E-state index contributed by atoms with van der Waals surface area (Å²) in [6.45, 7) is 8.14. The van der Waals surface area contributed by atoms with E-state index < -0.39 is 0 Å². The Hall–Kier alpha value is -0.760. The molecule has 0 rings (SSSR count). The van der Waals surface area contributed by atoms with Crippen LogP contribution in [-0.2, 0) is 9.53 Å². The zero-order valence-corrected chi connectivity index (χ0v) is 12.9. The standard InChI is InChI=1S/C15H25ClO2/c1-12(7-6-10-15(3,4)16)8-9-13(2)11-14(17)18-5/h8-9,11-12H,6-7,10H2,1-5H3. The first-order valence-electron chi connectivity index (χ1n) is 6.38. The Bertz CT molecular complexity index is 311. The van der Waals surface area contributed by atoms with Crippen LogP contribution in [-0.4, -0.2) is 18.0 Å². The number of methoxy groups -OCH3 is 1. The molecule has 18 heavy (non-hydrogen) atoms. The van der Waals surface area contributed by atoms with Crippen LogP contribution in [0.5, 0.6) is 0 Å². The van der Waals surface area contributed by atoms with Gasteiger partial charge in [-0.3, -0.25) is 0 Å². The number of ether oxygens (including phenoxy) is 1. The predicted molar refractivity (Wildman–Crippen MR) is 77.9 cm³/mol. The maximum atomic E-state index is 11.0. The number of esters is 1. The first-order valence-corrected chi connectivity index (χ1v) is 6.76. The number of allylic oxidation sites excluding steroid dienone is 3. The van der Waals surface area contributed by atoms with Crippen LogP contribution in [0, 0.1) is 5.92 Å². The molecule has 0 aromatic carbocycles. The smallest absolute Gasteiger partial charge is 0.330 e. The summed E-state index contributed by atoms with van der Waals surface area (Å²) >= 11 is 6.14. The fraction of sp³-hybridized carbons (Fsp3) is 0.667. The van der Waals surface area contributed by atoms with Gasteiger partial charge in [-0.25, -0.2) is 4.79 Å². The van der Waals surface area contributed by atoms with Gasteiger partial charge in [0.2, 0.25) is 0 Å². The maximum absolute atomic E-state index is 11.0. The molecule has 0 aromatic rings. The van der Waals surface area contributed by atoms with Gasteiger partial charge in [0.05, 0.1) is 7.11 Å². The number of rotatable bonds is 7. The highest BCUT2D eigenvalue weighted by Gasteiger charge is 2.12. The minimum absolute atomic E-state index is 0.107. The van der Waals surface area contributed by atoms with E-state index in [9.17, 15) is 4.79 Å². The molecule has 0 fully saturated rings. The van der Waals surface area contributed by atoms with Gasteiger partial charge in [0.25, 0.3) is 0 Å². The van der Waals surface area contributed by atoms with Crippen molar-refractivity contribution in [3.8, 4) is 0 Å². The summed E-state index contributed by atoms with van der Waals surface area (Å²) in [5, 5.41) is 0. The molecule has 0 aliphatic carbocycles. The number of hydrogen-bond donors (Lipinski definition) is 0. The van der Waals surface area contributed by atoms with Crippen molar-refractivity contribution in [2.45, 2.75) is 51.8 Å². The highest BCUT2D eigenvalue weighted by molar-refractivity contribution is 6.23. The summed E-state index contributed by atoms with van der Waals surface area (Å²) in [4.78, 5) is 10.9. The predicted octanol–water partition coefficient (Wildman–Crippen LogP) is 4.49. The van der Waals surface area contributed by atoms with Crippen LogP contribution in [0.3, 0.4) is 0 Å². The van der Waals surface area contributed by atoms with E-state index in [1.54, 1.807) is 0 Å². The molecule has 0 aromatic heterocycles. The first-order chi connectivity index (χ1) is 8.24. The lowest BCUT2D eigenvalue weighted by molar-refractivity contribution is -0.134. The molecule has 3 heteroatoms. The molecular weight excluding hydrogens is 248 g/mol. The van der Waals surface area contributed by atoms with Gasteiger partial charge in [-0.1, -0.05) is 25.5 Å². The fourth-order valence-electron chi connectivity index (χ4n) is 1.55. The molecular formula is C15H25ClO2. The highest BCUT2D eigenvalue weighted by Crippen LogP contribution is 2.22. The van der Waals surface area contributed by atoms with Crippen molar-refractivity contribution in [2.75, 3.05) is 7.11 Å². The van der Waals surface area contributed by atoms with Crippen LogP contribution in [0.1, 0.15) is 47.0 Å². The summed E-state index contributed by atoms with van der Waals surface area (Å²) in [7, 11) is 1.38. The molecule has 0 saturated heterocycles. The molecule has 0 N–H and O–H groups in total. The van der Waals surface area contributed by atoms with Gasteiger partial charge in [0.1, 0.15) is 0 Å². The second-order valence-corrected chi connectivity index (χ2v) is 6.38. The second-order valence-electron chi connectivity index (χ2n) is 5.36. The van der Waals surface area contributed by atoms with E-state index >= 15 is 0 Å². The van der Waals surface area contributed by atoms with Gasteiger partial charge in [0, 0.05) is 11.0 Å². The molecule has 0 aliphatic heterocycles. The van der Waals surface area contributed by atoms with Crippen LogP contribution >= 0.6 is 11.6 Å². The lowest BCUT2D eigenvalue weighted by atomic mass is 9.98. The normalized spacial score (nSPS) is 14.9. The molecule has 2 nitrogen and oxygen atoms in total. The zero-order valence-electron chi connectivity index (χ0n) is 12.1. The quantitative estimate of drug-likeness (QED) is 0.295. The van der Waals surface area contributed by atoms with E-state index in [0.717, 1.165) is 24.8 Å². The van der Waals surface area contributed by atoms with Crippen LogP contribution < -0.4 is 0 Å². The Morgan fingerprint density at radius 3 is 2.56 bits per heavy atom. The van der Waals surface area contributed by atoms with Gasteiger partial charge in [0.15, 0.2) is 0 Å². The van der Waals surface area contributed by atoms with E-state index in [2.05, 4.69) is 17.7 Å². The Morgan fingerprint density at radius 2 is 2.06 bits per heavy atom. The Labute approximate surface area is 116 Å². The monoisotopic (exact) mass is 272 g/mol. The third-order valence-corrected chi connectivity index (χ3v) is 2.85. The summed E-state index contributed by atoms with van der Waals surface area (Å²) < 4.78 is 4.57. The molecule has 0 spiro atoms. The molecule has 0 radical (unpaired) electrons. The van der Waals surface area contributed by atoms with Gasteiger partial charge in [-0.15, -0.1) is 11.6 Å². The van der Waals surface area contributed by atoms with E-state index in [1.807, 2.05) is 26.8 Å². The van der Waals surface area contributed by atoms with Crippen LogP contribution in [0.25, 0.3) is 0 Å². The summed E-state index contributed by atoms with van der Waals surface area (Å²) in [6, 6.07) is 0. The second kappa shape index (κ2) is 8.36. The van der Waals surface area contributed by atoms with Crippen LogP contribution in [0.15, 0.2) is 23.8 Å². The topological polar surface area (TPSA) is 26.3 Å². The Morgan fingerprint density at radius 1 is 1.44 bits per heavy atom. The minimum Gasteiger partial charge on any atom is -0.466 e. The largest absolute Gasteiger partial charge is 0.466 e. The van der Waals surface area contributed by atoms with Crippen molar-refractivity contribution in [3.63, 3.8) is 0 Å². The van der Waals surface area contributed by atoms with E-state index in [1.165, 1.54) is 13.2 Å². The van der Waals surface area contributed by atoms with Gasteiger partial charge >= 0.3 is 5.97 Å². The molecule has 0 aliphatic rings. The molecule has 0 amide bonds. The van der Waals surface area contributed by atoms with Crippen LogP contribution in [0.4, 0.5) is 0 Å². The van der Waals surface area contributed by atoms with Crippen molar-refractivity contribution in [1.82, 2.24) is 0 Å². The Balaban J connectivity index is 4.04. The number of alkyl halides is 1. The van der Waals surface area contributed by atoms with Crippen molar-refractivity contribution in [2.24, 2.45) is 5.92 Å². The Kier molecular flexibility index (Phi) is 8.01. The van der Waals surface area contributed by atoms with E-state index in [4.69, 9.17) is 11.6 Å². The lowest BCUT2D eigenvalue weighted by Gasteiger charge is -2.15. The SMILES string of the molecule is COC(=O)C=C(C)C=CC(C)CCCC(C)(C)Cl. The van der Waals surface area contributed by atoms with E-state index in [-0.39, 0.29) is 10.8 Å². The number of carbonyl (C=O) groups excluding carboxylic acids is 1. The van der Waals surface area contributed by atoms with Crippen molar-refractivity contribution in [3.05, 3.63) is 23.8 Å². The highest BCUT2D eigenvalue weighted by atomic mass is 35.5. The van der Waals surface area contributed by atoms with Crippen LogP contribution in [0.2, 0.25) is 0 Å². The zero-order chi connectivity index (χ0) is 14.2. The number of halogens is 1.